The minimum absolute atomic E-state index is 0.166. The van der Waals surface area contributed by atoms with Crippen LogP contribution in [0.15, 0.2) is 36.4 Å². The van der Waals surface area contributed by atoms with E-state index in [1.54, 1.807) is 4.90 Å². The summed E-state index contributed by atoms with van der Waals surface area (Å²) in [5.74, 6) is -0.396. The molecule has 0 atom stereocenters. The molecule has 27 heavy (non-hydrogen) atoms. The van der Waals surface area contributed by atoms with E-state index in [0.717, 1.165) is 30.6 Å². The third kappa shape index (κ3) is 3.36. The summed E-state index contributed by atoms with van der Waals surface area (Å²) in [6, 6.07) is 9.71. The summed E-state index contributed by atoms with van der Waals surface area (Å²) in [5, 5.41) is 2.86. The number of urea groups is 1. The first-order chi connectivity index (χ1) is 13.1. The lowest BCUT2D eigenvalue weighted by Gasteiger charge is -2.31. The van der Waals surface area contributed by atoms with Gasteiger partial charge in [0.05, 0.1) is 0 Å². The molecule has 6 heteroatoms. The molecule has 0 unspecified atom stereocenters. The number of hydrogen-bond acceptors (Lipinski definition) is 3. The zero-order valence-corrected chi connectivity index (χ0v) is 15.4. The number of rotatable bonds is 3. The summed E-state index contributed by atoms with van der Waals surface area (Å²) in [6.07, 6.45) is 7.16. The highest BCUT2D eigenvalue weighted by atomic mass is 16.2. The first-order valence-electron chi connectivity index (χ1n) is 9.75. The third-order valence-corrected chi connectivity index (χ3v) is 5.95. The zero-order valence-electron chi connectivity index (χ0n) is 15.4. The minimum Gasteiger partial charge on any atom is -0.337 e. The molecule has 142 valence electrons. The molecule has 1 aromatic carbocycles. The van der Waals surface area contributed by atoms with Crippen LogP contribution in [0.2, 0.25) is 0 Å². The van der Waals surface area contributed by atoms with Gasteiger partial charge in [-0.2, -0.15) is 0 Å². The van der Waals surface area contributed by atoms with E-state index in [4.69, 9.17) is 0 Å². The molecule has 1 N–H and O–H groups in total. The van der Waals surface area contributed by atoms with Crippen molar-refractivity contribution in [3.63, 3.8) is 0 Å². The van der Waals surface area contributed by atoms with Crippen LogP contribution in [0.4, 0.5) is 4.79 Å². The van der Waals surface area contributed by atoms with Crippen molar-refractivity contribution in [2.24, 2.45) is 0 Å². The standard InChI is InChI=1S/C21H25N3O3/c25-18(23-13-9-17(10-14-23)16-7-3-1-4-8-16)15-24-19(26)21(22-20(24)27)11-5-2-6-12-21/h1,3-4,7-9H,2,5-6,10-15H2,(H,22,27). The van der Waals surface area contributed by atoms with Crippen molar-refractivity contribution in [1.82, 2.24) is 15.1 Å². The van der Waals surface area contributed by atoms with Crippen LogP contribution in [0.25, 0.3) is 5.57 Å². The Kier molecular flexibility index (Phi) is 4.72. The van der Waals surface area contributed by atoms with Crippen LogP contribution in [0.3, 0.4) is 0 Å². The van der Waals surface area contributed by atoms with Gasteiger partial charge >= 0.3 is 6.03 Å². The van der Waals surface area contributed by atoms with Crippen molar-refractivity contribution in [2.45, 2.75) is 44.1 Å². The van der Waals surface area contributed by atoms with Crippen LogP contribution >= 0.6 is 0 Å². The Bertz CT molecular complexity index is 781. The molecular formula is C21H25N3O3. The van der Waals surface area contributed by atoms with Gasteiger partial charge in [0.1, 0.15) is 12.1 Å². The summed E-state index contributed by atoms with van der Waals surface area (Å²) in [7, 11) is 0. The van der Waals surface area contributed by atoms with Crippen molar-refractivity contribution in [3.8, 4) is 0 Å². The van der Waals surface area contributed by atoms with Gasteiger partial charge < -0.3 is 10.2 Å². The fraction of sp³-hybridized carbons (Fsp3) is 0.476. The van der Waals surface area contributed by atoms with E-state index in [2.05, 4.69) is 23.5 Å². The molecule has 0 aromatic heterocycles. The normalized spacial score (nSPS) is 22.0. The second-order valence-corrected chi connectivity index (χ2v) is 7.65. The number of hydrogen-bond donors (Lipinski definition) is 1. The largest absolute Gasteiger partial charge is 0.337 e. The molecule has 4 amide bonds. The van der Waals surface area contributed by atoms with E-state index >= 15 is 0 Å². The van der Waals surface area contributed by atoms with Gasteiger partial charge in [0.25, 0.3) is 5.91 Å². The monoisotopic (exact) mass is 367 g/mol. The Balaban J connectivity index is 1.39. The van der Waals surface area contributed by atoms with Crippen molar-refractivity contribution in [2.75, 3.05) is 19.6 Å². The minimum atomic E-state index is -0.766. The van der Waals surface area contributed by atoms with E-state index in [1.165, 1.54) is 11.1 Å². The molecule has 0 bridgehead atoms. The summed E-state index contributed by atoms with van der Waals surface area (Å²) in [4.78, 5) is 40.7. The molecule has 1 spiro atoms. The molecule has 2 heterocycles. The molecule has 2 aliphatic heterocycles. The first-order valence-corrected chi connectivity index (χ1v) is 9.75. The molecule has 1 aromatic rings. The summed E-state index contributed by atoms with van der Waals surface area (Å²) < 4.78 is 0. The molecule has 1 saturated carbocycles. The van der Waals surface area contributed by atoms with E-state index in [0.29, 0.717) is 25.9 Å². The zero-order chi connectivity index (χ0) is 18.9. The van der Waals surface area contributed by atoms with Crippen LogP contribution < -0.4 is 5.32 Å². The predicted molar refractivity (Wildman–Crippen MR) is 102 cm³/mol. The van der Waals surface area contributed by atoms with Crippen LogP contribution in [0, 0.1) is 0 Å². The van der Waals surface area contributed by atoms with Gasteiger partial charge in [0.2, 0.25) is 5.91 Å². The highest BCUT2D eigenvalue weighted by Gasteiger charge is 2.51. The Labute approximate surface area is 159 Å². The van der Waals surface area contributed by atoms with Crippen molar-refractivity contribution in [1.29, 1.82) is 0 Å². The number of benzene rings is 1. The lowest BCUT2D eigenvalue weighted by atomic mass is 9.82. The van der Waals surface area contributed by atoms with Gasteiger partial charge in [0.15, 0.2) is 0 Å². The first kappa shape index (κ1) is 17.8. The molecule has 2 fully saturated rings. The lowest BCUT2D eigenvalue weighted by molar-refractivity contribution is -0.139. The third-order valence-electron chi connectivity index (χ3n) is 5.95. The summed E-state index contributed by atoms with van der Waals surface area (Å²) in [6.45, 7) is 0.952. The number of amides is 4. The highest BCUT2D eigenvalue weighted by Crippen LogP contribution is 2.33. The van der Waals surface area contributed by atoms with Gasteiger partial charge in [-0.3, -0.25) is 14.5 Å². The van der Waals surface area contributed by atoms with E-state index < -0.39 is 11.6 Å². The quantitative estimate of drug-likeness (QED) is 0.835. The number of nitrogens with zero attached hydrogens (tertiary/aromatic N) is 2. The second kappa shape index (κ2) is 7.18. The van der Waals surface area contributed by atoms with E-state index in [1.807, 2.05) is 18.2 Å². The Morgan fingerprint density at radius 3 is 2.48 bits per heavy atom. The molecule has 0 radical (unpaired) electrons. The Morgan fingerprint density at radius 1 is 1.07 bits per heavy atom. The van der Waals surface area contributed by atoms with Crippen molar-refractivity contribution < 1.29 is 14.4 Å². The van der Waals surface area contributed by atoms with Crippen molar-refractivity contribution >= 4 is 23.4 Å². The summed E-state index contributed by atoms with van der Waals surface area (Å²) in [5.41, 5.74) is 1.64. The van der Waals surface area contributed by atoms with Gasteiger partial charge in [-0.15, -0.1) is 0 Å². The fourth-order valence-corrected chi connectivity index (χ4v) is 4.36. The molecule has 4 rings (SSSR count). The average molecular weight is 367 g/mol. The van der Waals surface area contributed by atoms with Crippen LogP contribution in [-0.4, -0.2) is 52.8 Å². The maximum atomic E-state index is 12.8. The second-order valence-electron chi connectivity index (χ2n) is 7.65. The molecule has 1 aliphatic carbocycles. The van der Waals surface area contributed by atoms with E-state index in [9.17, 15) is 14.4 Å². The molecule has 1 saturated heterocycles. The SMILES string of the molecule is O=C(CN1C(=O)NC2(CCCCC2)C1=O)N1CC=C(c2ccccc2)CC1. The number of imide groups is 1. The van der Waals surface area contributed by atoms with Gasteiger partial charge in [-0.25, -0.2) is 4.79 Å². The van der Waals surface area contributed by atoms with Gasteiger partial charge in [0, 0.05) is 13.1 Å². The maximum Gasteiger partial charge on any atom is 0.325 e. The smallest absolute Gasteiger partial charge is 0.325 e. The van der Waals surface area contributed by atoms with E-state index in [-0.39, 0.29) is 18.4 Å². The molecule has 6 nitrogen and oxygen atoms in total. The van der Waals surface area contributed by atoms with Crippen LogP contribution in [0.1, 0.15) is 44.1 Å². The molecular weight excluding hydrogens is 342 g/mol. The highest BCUT2D eigenvalue weighted by molar-refractivity contribution is 6.09. The van der Waals surface area contributed by atoms with Crippen LogP contribution in [-0.2, 0) is 9.59 Å². The summed E-state index contributed by atoms with van der Waals surface area (Å²) >= 11 is 0. The lowest BCUT2D eigenvalue weighted by Crippen LogP contribution is -2.49. The van der Waals surface area contributed by atoms with Crippen LogP contribution in [0.5, 0.6) is 0 Å². The molecule has 3 aliphatic rings. The fourth-order valence-electron chi connectivity index (χ4n) is 4.36. The average Bonchev–Trinajstić information content (AvgIpc) is 2.93. The number of nitrogens with one attached hydrogen (secondary N) is 1. The Morgan fingerprint density at radius 2 is 1.81 bits per heavy atom. The number of carbonyl (C=O) groups is 3. The van der Waals surface area contributed by atoms with Gasteiger partial charge in [-0.05, 0) is 30.4 Å². The number of carbonyl (C=O) groups excluding carboxylic acids is 3. The topological polar surface area (TPSA) is 69.7 Å². The Hall–Kier alpha value is -2.63. The van der Waals surface area contributed by atoms with Crippen molar-refractivity contribution in [3.05, 3.63) is 42.0 Å². The maximum absolute atomic E-state index is 12.8. The predicted octanol–water partition coefficient (Wildman–Crippen LogP) is 2.56. The van der Waals surface area contributed by atoms with Gasteiger partial charge in [-0.1, -0.05) is 55.7 Å².